The average molecular weight is 211 g/mol. The van der Waals surface area contributed by atoms with E-state index in [4.69, 9.17) is 11.6 Å². The Morgan fingerprint density at radius 3 is 2.86 bits per heavy atom. The third-order valence-electron chi connectivity index (χ3n) is 2.64. The molecule has 0 saturated carbocycles. The third kappa shape index (κ3) is 2.08. The zero-order valence-corrected chi connectivity index (χ0v) is 9.06. The molecule has 3 heteroatoms. The van der Waals surface area contributed by atoms with Crippen LogP contribution in [0.15, 0.2) is 18.2 Å². The summed E-state index contributed by atoms with van der Waals surface area (Å²) in [6.07, 6.45) is 0. The predicted octanol–water partition coefficient (Wildman–Crippen LogP) is 1.88. The number of rotatable bonds is 1. The fourth-order valence-electron chi connectivity index (χ4n) is 1.71. The van der Waals surface area contributed by atoms with Crippen molar-refractivity contribution in [3.63, 3.8) is 0 Å². The van der Waals surface area contributed by atoms with Gasteiger partial charge in [-0.15, -0.1) is 0 Å². The van der Waals surface area contributed by atoms with Crippen LogP contribution < -0.4 is 10.6 Å². The molecule has 2 nitrogen and oxygen atoms in total. The van der Waals surface area contributed by atoms with E-state index in [9.17, 15) is 0 Å². The van der Waals surface area contributed by atoms with Crippen molar-refractivity contribution in [3.8, 4) is 0 Å². The fourth-order valence-corrected chi connectivity index (χ4v) is 1.90. The van der Waals surface area contributed by atoms with E-state index in [0.29, 0.717) is 6.04 Å². The van der Waals surface area contributed by atoms with Crippen LogP contribution in [0.2, 0.25) is 5.02 Å². The summed E-state index contributed by atoms with van der Waals surface area (Å²) in [5.74, 6) is 0. The van der Waals surface area contributed by atoms with Gasteiger partial charge in [0.1, 0.15) is 0 Å². The van der Waals surface area contributed by atoms with Crippen LogP contribution in [0, 0.1) is 6.92 Å². The first-order valence-electron chi connectivity index (χ1n) is 4.97. The second kappa shape index (κ2) is 4.30. The Balaban J connectivity index is 2.18. The number of piperazine rings is 1. The van der Waals surface area contributed by atoms with E-state index in [-0.39, 0.29) is 0 Å². The van der Waals surface area contributed by atoms with Crippen molar-refractivity contribution in [1.29, 1.82) is 0 Å². The Bertz CT molecular complexity index is 319. The predicted molar refractivity (Wildman–Crippen MR) is 59.8 cm³/mol. The Kier molecular flexibility index (Phi) is 3.06. The molecule has 1 aliphatic heterocycles. The van der Waals surface area contributed by atoms with E-state index in [1.807, 2.05) is 6.92 Å². The molecule has 76 valence electrons. The van der Waals surface area contributed by atoms with E-state index >= 15 is 0 Å². The molecular formula is C11H15ClN2. The SMILES string of the molecule is Cc1ccc([C@@H]2CNCCN2)cc1Cl. The van der Waals surface area contributed by atoms with Gasteiger partial charge in [-0.1, -0.05) is 23.7 Å². The highest BCUT2D eigenvalue weighted by Gasteiger charge is 2.14. The lowest BCUT2D eigenvalue weighted by molar-refractivity contribution is 0.430. The second-order valence-electron chi connectivity index (χ2n) is 3.72. The highest BCUT2D eigenvalue weighted by molar-refractivity contribution is 6.31. The van der Waals surface area contributed by atoms with Gasteiger partial charge in [-0.2, -0.15) is 0 Å². The normalized spacial score (nSPS) is 22.3. The number of hydrogen-bond acceptors (Lipinski definition) is 2. The Labute approximate surface area is 89.7 Å². The molecule has 0 aromatic heterocycles. The third-order valence-corrected chi connectivity index (χ3v) is 3.05. The summed E-state index contributed by atoms with van der Waals surface area (Å²) in [5.41, 5.74) is 2.41. The zero-order chi connectivity index (χ0) is 9.97. The van der Waals surface area contributed by atoms with Crippen LogP contribution in [0.4, 0.5) is 0 Å². The minimum absolute atomic E-state index is 0.404. The molecule has 0 spiro atoms. The van der Waals surface area contributed by atoms with E-state index in [0.717, 1.165) is 30.2 Å². The molecule has 1 aliphatic rings. The maximum Gasteiger partial charge on any atom is 0.0447 e. The molecule has 1 atom stereocenters. The average Bonchev–Trinajstić information content (AvgIpc) is 2.23. The van der Waals surface area contributed by atoms with E-state index in [2.05, 4.69) is 28.8 Å². The number of halogens is 1. The lowest BCUT2D eigenvalue weighted by Crippen LogP contribution is -2.42. The van der Waals surface area contributed by atoms with Gasteiger partial charge >= 0.3 is 0 Å². The molecule has 0 aliphatic carbocycles. The van der Waals surface area contributed by atoms with Gasteiger partial charge in [-0.05, 0) is 24.1 Å². The van der Waals surface area contributed by atoms with Crippen LogP contribution in [0.1, 0.15) is 17.2 Å². The van der Waals surface area contributed by atoms with Crippen LogP contribution in [0.3, 0.4) is 0 Å². The molecule has 0 bridgehead atoms. The summed E-state index contributed by atoms with van der Waals surface area (Å²) >= 11 is 6.08. The smallest absolute Gasteiger partial charge is 0.0447 e. The van der Waals surface area contributed by atoms with Crippen LogP contribution in [-0.2, 0) is 0 Å². The molecule has 1 fully saturated rings. The largest absolute Gasteiger partial charge is 0.314 e. The minimum Gasteiger partial charge on any atom is -0.314 e. The Morgan fingerprint density at radius 1 is 1.36 bits per heavy atom. The quantitative estimate of drug-likeness (QED) is 0.740. The fraction of sp³-hybridized carbons (Fsp3) is 0.455. The number of hydrogen-bond donors (Lipinski definition) is 2. The molecule has 0 amide bonds. The zero-order valence-electron chi connectivity index (χ0n) is 8.31. The standard InChI is InChI=1S/C11H15ClN2/c1-8-2-3-9(6-10(8)12)11-7-13-4-5-14-11/h2-3,6,11,13-14H,4-5,7H2,1H3/t11-/m0/s1. The number of benzene rings is 1. The molecular weight excluding hydrogens is 196 g/mol. The summed E-state index contributed by atoms with van der Waals surface area (Å²) in [6, 6.07) is 6.68. The molecule has 2 rings (SSSR count). The van der Waals surface area contributed by atoms with Gasteiger partial charge in [-0.25, -0.2) is 0 Å². The lowest BCUT2D eigenvalue weighted by Gasteiger charge is -2.25. The first kappa shape index (κ1) is 9.97. The summed E-state index contributed by atoms with van der Waals surface area (Å²) in [4.78, 5) is 0. The molecule has 1 aromatic carbocycles. The maximum atomic E-state index is 6.08. The molecule has 2 N–H and O–H groups in total. The van der Waals surface area contributed by atoms with Gasteiger partial charge in [0.2, 0.25) is 0 Å². The molecule has 1 heterocycles. The van der Waals surface area contributed by atoms with Gasteiger partial charge < -0.3 is 10.6 Å². The summed E-state index contributed by atoms with van der Waals surface area (Å²) in [6.45, 7) is 5.09. The lowest BCUT2D eigenvalue weighted by atomic mass is 10.0. The van der Waals surface area contributed by atoms with Gasteiger partial charge in [-0.3, -0.25) is 0 Å². The minimum atomic E-state index is 0.404. The van der Waals surface area contributed by atoms with Crippen molar-refractivity contribution in [2.45, 2.75) is 13.0 Å². The maximum absolute atomic E-state index is 6.08. The van der Waals surface area contributed by atoms with Gasteiger partial charge in [0, 0.05) is 30.7 Å². The molecule has 0 radical (unpaired) electrons. The molecule has 1 saturated heterocycles. The van der Waals surface area contributed by atoms with Crippen molar-refractivity contribution in [2.24, 2.45) is 0 Å². The molecule has 1 aromatic rings. The monoisotopic (exact) mass is 210 g/mol. The van der Waals surface area contributed by atoms with Crippen molar-refractivity contribution in [2.75, 3.05) is 19.6 Å². The van der Waals surface area contributed by atoms with Crippen molar-refractivity contribution < 1.29 is 0 Å². The van der Waals surface area contributed by atoms with Gasteiger partial charge in [0.15, 0.2) is 0 Å². The molecule has 0 unspecified atom stereocenters. The van der Waals surface area contributed by atoms with Crippen LogP contribution in [-0.4, -0.2) is 19.6 Å². The van der Waals surface area contributed by atoms with Gasteiger partial charge in [0.25, 0.3) is 0 Å². The van der Waals surface area contributed by atoms with Gasteiger partial charge in [0.05, 0.1) is 0 Å². The number of aryl methyl sites for hydroxylation is 1. The summed E-state index contributed by atoms with van der Waals surface area (Å²) in [7, 11) is 0. The first-order chi connectivity index (χ1) is 6.77. The molecule has 14 heavy (non-hydrogen) atoms. The van der Waals surface area contributed by atoms with Crippen molar-refractivity contribution in [1.82, 2.24) is 10.6 Å². The second-order valence-corrected chi connectivity index (χ2v) is 4.13. The first-order valence-corrected chi connectivity index (χ1v) is 5.35. The highest BCUT2D eigenvalue weighted by atomic mass is 35.5. The number of nitrogens with one attached hydrogen (secondary N) is 2. The van der Waals surface area contributed by atoms with Crippen LogP contribution >= 0.6 is 11.6 Å². The van der Waals surface area contributed by atoms with E-state index in [1.54, 1.807) is 0 Å². The topological polar surface area (TPSA) is 24.1 Å². The Hall–Kier alpha value is -0.570. The summed E-state index contributed by atoms with van der Waals surface area (Å²) < 4.78 is 0. The van der Waals surface area contributed by atoms with E-state index in [1.165, 1.54) is 5.56 Å². The van der Waals surface area contributed by atoms with Crippen molar-refractivity contribution >= 4 is 11.6 Å². The van der Waals surface area contributed by atoms with Crippen molar-refractivity contribution in [3.05, 3.63) is 34.3 Å². The summed E-state index contributed by atoms with van der Waals surface area (Å²) in [5, 5.41) is 7.68. The Morgan fingerprint density at radius 2 is 2.21 bits per heavy atom. The van der Waals surface area contributed by atoms with E-state index < -0.39 is 0 Å². The van der Waals surface area contributed by atoms with Crippen LogP contribution in [0.25, 0.3) is 0 Å². The highest BCUT2D eigenvalue weighted by Crippen LogP contribution is 2.21. The van der Waals surface area contributed by atoms with Crippen LogP contribution in [0.5, 0.6) is 0 Å².